The number of benzene rings is 2. The lowest BCUT2D eigenvalue weighted by Gasteiger charge is -2.11. The molecule has 0 saturated heterocycles. The predicted molar refractivity (Wildman–Crippen MR) is 81.0 cm³/mol. The maximum absolute atomic E-state index is 12.2. The van der Waals surface area contributed by atoms with Crippen LogP contribution in [0.4, 0.5) is 5.69 Å². The highest BCUT2D eigenvalue weighted by molar-refractivity contribution is 5.97. The summed E-state index contributed by atoms with van der Waals surface area (Å²) in [6, 6.07) is 18.2. The summed E-state index contributed by atoms with van der Waals surface area (Å²) < 4.78 is 5.38. The number of nitriles is 1. The predicted octanol–water partition coefficient (Wildman–Crippen LogP) is 3.33. The third kappa shape index (κ3) is 3.83. The number of hydrogen-bond donors (Lipinski definition) is 1. The van der Waals surface area contributed by atoms with Gasteiger partial charge in [-0.1, -0.05) is 36.4 Å². The molecule has 0 heterocycles. The monoisotopic (exact) mass is 280 g/mol. The molecule has 0 aliphatic carbocycles. The van der Waals surface area contributed by atoms with Gasteiger partial charge in [0, 0.05) is 11.8 Å². The number of amides is 1. The van der Waals surface area contributed by atoms with Crippen molar-refractivity contribution in [3.63, 3.8) is 0 Å². The van der Waals surface area contributed by atoms with E-state index in [-0.39, 0.29) is 5.91 Å². The smallest absolute Gasteiger partial charge is 0.246 e. The molecular formula is C17H16N2O2. The summed E-state index contributed by atoms with van der Waals surface area (Å²) in [5.74, 6) is -0.497. The molecule has 1 N–H and O–H groups in total. The number of carbonyl (C=O) groups is 1. The summed E-state index contributed by atoms with van der Waals surface area (Å²) in [5.41, 5.74) is 1.29. The molecule has 1 atom stereocenters. The number of anilines is 1. The Hall–Kier alpha value is -2.80. The molecule has 4 nitrogen and oxygen atoms in total. The van der Waals surface area contributed by atoms with Crippen molar-refractivity contribution in [2.24, 2.45) is 0 Å². The molecule has 2 rings (SSSR count). The average molecular weight is 280 g/mol. The fourth-order valence-electron chi connectivity index (χ4n) is 1.97. The van der Waals surface area contributed by atoms with Crippen LogP contribution in [0.2, 0.25) is 0 Å². The van der Waals surface area contributed by atoms with Gasteiger partial charge in [0.1, 0.15) is 5.75 Å². The van der Waals surface area contributed by atoms with Crippen LogP contribution in [0.15, 0.2) is 54.6 Å². The third-order valence-electron chi connectivity index (χ3n) is 2.94. The van der Waals surface area contributed by atoms with Gasteiger partial charge in [0.2, 0.25) is 5.91 Å². The van der Waals surface area contributed by atoms with E-state index in [0.717, 1.165) is 0 Å². The summed E-state index contributed by atoms with van der Waals surface area (Å²) in [4.78, 5) is 12.2. The molecule has 1 unspecified atom stereocenters. The standard InChI is InChI=1S/C17H16N2O2/c1-2-21-15-10-6-9-14(11-15)19-17(20)16(12-18)13-7-4-3-5-8-13/h3-11,16H,2H2,1H3,(H,19,20). The quantitative estimate of drug-likeness (QED) is 0.913. The van der Waals surface area contributed by atoms with Crippen molar-refractivity contribution in [2.75, 3.05) is 11.9 Å². The number of ether oxygens (including phenoxy) is 1. The minimum Gasteiger partial charge on any atom is -0.494 e. The summed E-state index contributed by atoms with van der Waals surface area (Å²) in [6.45, 7) is 2.45. The van der Waals surface area contributed by atoms with Crippen molar-refractivity contribution >= 4 is 11.6 Å². The van der Waals surface area contributed by atoms with Crippen molar-refractivity contribution in [1.29, 1.82) is 5.26 Å². The molecule has 0 aromatic heterocycles. The number of hydrogen-bond acceptors (Lipinski definition) is 3. The Morgan fingerprint density at radius 1 is 1.24 bits per heavy atom. The fourth-order valence-corrected chi connectivity index (χ4v) is 1.97. The summed E-state index contributed by atoms with van der Waals surface area (Å²) in [7, 11) is 0. The molecule has 2 aromatic rings. The number of nitrogens with zero attached hydrogens (tertiary/aromatic N) is 1. The van der Waals surface area contributed by atoms with E-state index in [2.05, 4.69) is 5.32 Å². The molecule has 0 saturated carbocycles. The fraction of sp³-hybridized carbons (Fsp3) is 0.176. The highest BCUT2D eigenvalue weighted by atomic mass is 16.5. The second-order valence-corrected chi connectivity index (χ2v) is 4.42. The first-order valence-electron chi connectivity index (χ1n) is 6.73. The van der Waals surface area contributed by atoms with Crippen LogP contribution in [-0.2, 0) is 4.79 Å². The largest absolute Gasteiger partial charge is 0.494 e. The van der Waals surface area contributed by atoms with Gasteiger partial charge in [-0.05, 0) is 24.6 Å². The number of rotatable bonds is 5. The van der Waals surface area contributed by atoms with Gasteiger partial charge in [0.05, 0.1) is 12.7 Å². The van der Waals surface area contributed by atoms with Gasteiger partial charge in [0.25, 0.3) is 0 Å². The molecule has 1 amide bonds. The summed E-state index contributed by atoms with van der Waals surface area (Å²) >= 11 is 0. The van der Waals surface area contributed by atoms with Crippen LogP contribution in [0.3, 0.4) is 0 Å². The van der Waals surface area contributed by atoms with Crippen LogP contribution < -0.4 is 10.1 Å². The molecule has 2 aromatic carbocycles. The highest BCUT2D eigenvalue weighted by Crippen LogP contribution is 2.20. The topological polar surface area (TPSA) is 62.1 Å². The van der Waals surface area contributed by atoms with Gasteiger partial charge < -0.3 is 10.1 Å². The Kier molecular flexibility index (Phi) is 4.94. The van der Waals surface area contributed by atoms with E-state index in [9.17, 15) is 10.1 Å². The van der Waals surface area contributed by atoms with Crippen molar-refractivity contribution in [3.8, 4) is 11.8 Å². The van der Waals surface area contributed by atoms with Gasteiger partial charge in [-0.25, -0.2) is 0 Å². The van der Waals surface area contributed by atoms with E-state index in [1.165, 1.54) is 0 Å². The first kappa shape index (κ1) is 14.6. The van der Waals surface area contributed by atoms with E-state index in [1.807, 2.05) is 37.3 Å². The Morgan fingerprint density at radius 3 is 2.67 bits per heavy atom. The SMILES string of the molecule is CCOc1cccc(NC(=O)C(C#N)c2ccccc2)c1. The number of carbonyl (C=O) groups excluding carboxylic acids is 1. The van der Waals surface area contributed by atoms with Crippen molar-refractivity contribution < 1.29 is 9.53 Å². The van der Waals surface area contributed by atoms with Crippen LogP contribution >= 0.6 is 0 Å². The molecule has 0 spiro atoms. The van der Waals surface area contributed by atoms with Gasteiger partial charge in [-0.2, -0.15) is 5.26 Å². The van der Waals surface area contributed by atoms with Gasteiger partial charge in [-0.3, -0.25) is 4.79 Å². The van der Waals surface area contributed by atoms with E-state index in [4.69, 9.17) is 4.74 Å². The van der Waals surface area contributed by atoms with Gasteiger partial charge >= 0.3 is 0 Å². The van der Waals surface area contributed by atoms with Crippen LogP contribution in [-0.4, -0.2) is 12.5 Å². The van der Waals surface area contributed by atoms with Gasteiger partial charge in [-0.15, -0.1) is 0 Å². The molecule has 0 radical (unpaired) electrons. The second kappa shape index (κ2) is 7.11. The highest BCUT2D eigenvalue weighted by Gasteiger charge is 2.19. The maximum atomic E-state index is 12.2. The van der Waals surface area contributed by atoms with Crippen LogP contribution in [0, 0.1) is 11.3 Å². The van der Waals surface area contributed by atoms with Crippen molar-refractivity contribution in [2.45, 2.75) is 12.8 Å². The molecule has 0 bridgehead atoms. The maximum Gasteiger partial charge on any atom is 0.246 e. The number of nitrogens with one attached hydrogen (secondary N) is 1. The lowest BCUT2D eigenvalue weighted by molar-refractivity contribution is -0.116. The Bertz CT molecular complexity index is 647. The van der Waals surface area contributed by atoms with E-state index in [0.29, 0.717) is 23.6 Å². The summed E-state index contributed by atoms with van der Waals surface area (Å²) in [6.07, 6.45) is 0. The Labute approximate surface area is 124 Å². The zero-order valence-corrected chi connectivity index (χ0v) is 11.7. The molecule has 21 heavy (non-hydrogen) atoms. The zero-order valence-electron chi connectivity index (χ0n) is 11.7. The molecule has 0 aliphatic rings. The van der Waals surface area contributed by atoms with E-state index >= 15 is 0 Å². The van der Waals surface area contributed by atoms with E-state index < -0.39 is 5.92 Å². The zero-order chi connectivity index (χ0) is 15.1. The van der Waals surface area contributed by atoms with Crippen molar-refractivity contribution in [3.05, 3.63) is 60.2 Å². The first-order chi connectivity index (χ1) is 10.2. The Morgan fingerprint density at radius 2 is 2.00 bits per heavy atom. The minimum atomic E-state index is -0.832. The van der Waals surface area contributed by atoms with Gasteiger partial charge in [0.15, 0.2) is 5.92 Å². The molecule has 4 heteroatoms. The molecule has 106 valence electrons. The van der Waals surface area contributed by atoms with Crippen LogP contribution in [0.5, 0.6) is 5.75 Å². The van der Waals surface area contributed by atoms with E-state index in [1.54, 1.807) is 30.3 Å². The summed E-state index contributed by atoms with van der Waals surface area (Å²) in [5, 5.41) is 12.0. The second-order valence-electron chi connectivity index (χ2n) is 4.42. The Balaban J connectivity index is 2.13. The first-order valence-corrected chi connectivity index (χ1v) is 6.73. The normalized spacial score (nSPS) is 11.2. The molecule has 0 aliphatic heterocycles. The van der Waals surface area contributed by atoms with Crippen LogP contribution in [0.1, 0.15) is 18.4 Å². The lowest BCUT2D eigenvalue weighted by atomic mass is 10.00. The molecule has 0 fully saturated rings. The lowest BCUT2D eigenvalue weighted by Crippen LogP contribution is -2.20. The van der Waals surface area contributed by atoms with Crippen molar-refractivity contribution in [1.82, 2.24) is 0 Å². The third-order valence-corrected chi connectivity index (χ3v) is 2.94. The minimum absolute atomic E-state index is 0.350. The average Bonchev–Trinajstić information content (AvgIpc) is 2.50. The molecular weight excluding hydrogens is 264 g/mol. The van der Waals surface area contributed by atoms with Crippen LogP contribution in [0.25, 0.3) is 0 Å².